The third-order valence-corrected chi connectivity index (χ3v) is 3.82. The van der Waals surface area contributed by atoms with Crippen LogP contribution in [-0.4, -0.2) is 27.6 Å². The molecular formula is C11H14O4S. The van der Waals surface area contributed by atoms with E-state index in [1.165, 1.54) is 14.0 Å². The maximum Gasteiger partial charge on any atom is 0.318 e. The van der Waals surface area contributed by atoms with Gasteiger partial charge in [0.15, 0.2) is 0 Å². The molecule has 0 amide bonds. The zero-order chi connectivity index (χ0) is 12.1. The molecule has 0 aliphatic carbocycles. The van der Waals surface area contributed by atoms with Crippen LogP contribution in [0.15, 0.2) is 24.3 Å². The third kappa shape index (κ3) is 3.06. The number of carboxylic acid groups (broad SMARTS) is 1. The number of methoxy groups -OCH3 is 1. The largest absolute Gasteiger partial charge is 0.496 e. The van der Waals surface area contributed by atoms with Gasteiger partial charge >= 0.3 is 5.97 Å². The molecule has 1 aromatic carbocycles. The lowest BCUT2D eigenvalue weighted by molar-refractivity contribution is -0.136. The van der Waals surface area contributed by atoms with Gasteiger partial charge in [0.25, 0.3) is 0 Å². The quantitative estimate of drug-likeness (QED) is 0.848. The van der Waals surface area contributed by atoms with Gasteiger partial charge in [0, 0.05) is 16.4 Å². The zero-order valence-electron chi connectivity index (χ0n) is 9.17. The van der Waals surface area contributed by atoms with E-state index in [2.05, 4.69) is 0 Å². The van der Waals surface area contributed by atoms with E-state index in [0.717, 1.165) is 5.56 Å². The summed E-state index contributed by atoms with van der Waals surface area (Å²) >= 11 is 0. The van der Waals surface area contributed by atoms with Crippen LogP contribution in [-0.2, 0) is 21.3 Å². The first-order chi connectivity index (χ1) is 7.56. The first kappa shape index (κ1) is 12.7. The van der Waals surface area contributed by atoms with Crippen molar-refractivity contribution in [1.29, 1.82) is 0 Å². The van der Waals surface area contributed by atoms with E-state index in [0.29, 0.717) is 5.75 Å². The fourth-order valence-corrected chi connectivity index (χ4v) is 2.23. The SMILES string of the molecule is COc1ccccc1CS(=O)C(C)C(=O)O. The molecule has 88 valence electrons. The molecule has 0 heterocycles. The lowest BCUT2D eigenvalue weighted by Gasteiger charge is -2.09. The standard InChI is InChI=1S/C11H14O4S/c1-8(11(12)13)16(14)7-9-5-3-4-6-10(9)15-2/h3-6,8H,7H2,1-2H3,(H,12,13). The van der Waals surface area contributed by atoms with Crippen molar-refractivity contribution in [3.05, 3.63) is 29.8 Å². The number of rotatable bonds is 5. The molecule has 0 saturated heterocycles. The lowest BCUT2D eigenvalue weighted by Crippen LogP contribution is -2.22. The maximum atomic E-state index is 11.7. The second kappa shape index (κ2) is 5.65. The van der Waals surface area contributed by atoms with Gasteiger partial charge in [-0.2, -0.15) is 0 Å². The van der Waals surface area contributed by atoms with Gasteiger partial charge in [0.05, 0.1) is 12.9 Å². The number of para-hydroxylation sites is 1. The van der Waals surface area contributed by atoms with Crippen LogP contribution in [0.25, 0.3) is 0 Å². The highest BCUT2D eigenvalue weighted by molar-refractivity contribution is 7.85. The first-order valence-corrected chi connectivity index (χ1v) is 6.16. The van der Waals surface area contributed by atoms with E-state index < -0.39 is 22.0 Å². The van der Waals surface area contributed by atoms with Crippen molar-refractivity contribution < 1.29 is 18.8 Å². The van der Waals surface area contributed by atoms with Crippen molar-refractivity contribution in [2.45, 2.75) is 17.9 Å². The van der Waals surface area contributed by atoms with Gasteiger partial charge in [-0.15, -0.1) is 0 Å². The van der Waals surface area contributed by atoms with Crippen molar-refractivity contribution in [2.24, 2.45) is 0 Å². The lowest BCUT2D eigenvalue weighted by atomic mass is 10.2. The van der Waals surface area contributed by atoms with Crippen LogP contribution in [0.5, 0.6) is 5.75 Å². The van der Waals surface area contributed by atoms with Gasteiger partial charge in [0.2, 0.25) is 0 Å². The Morgan fingerprint density at radius 2 is 2.12 bits per heavy atom. The summed E-state index contributed by atoms with van der Waals surface area (Å²) in [5.41, 5.74) is 0.761. The van der Waals surface area contributed by atoms with Crippen LogP contribution in [0.3, 0.4) is 0 Å². The molecule has 0 spiro atoms. The monoisotopic (exact) mass is 242 g/mol. The molecule has 16 heavy (non-hydrogen) atoms. The van der Waals surface area contributed by atoms with Crippen molar-refractivity contribution in [3.8, 4) is 5.75 Å². The molecule has 0 aromatic heterocycles. The molecule has 1 rings (SSSR count). The van der Waals surface area contributed by atoms with E-state index in [9.17, 15) is 9.00 Å². The molecular weight excluding hydrogens is 228 g/mol. The van der Waals surface area contributed by atoms with Crippen LogP contribution < -0.4 is 4.74 Å². The minimum absolute atomic E-state index is 0.192. The van der Waals surface area contributed by atoms with E-state index in [4.69, 9.17) is 9.84 Å². The Morgan fingerprint density at radius 1 is 1.50 bits per heavy atom. The number of hydrogen-bond donors (Lipinski definition) is 1. The Balaban J connectivity index is 2.80. The molecule has 2 atom stereocenters. The normalized spacial score (nSPS) is 14.1. The molecule has 0 saturated carbocycles. The highest BCUT2D eigenvalue weighted by Gasteiger charge is 2.19. The average molecular weight is 242 g/mol. The summed E-state index contributed by atoms with van der Waals surface area (Å²) in [6.45, 7) is 1.44. The minimum Gasteiger partial charge on any atom is -0.496 e. The fraction of sp³-hybridized carbons (Fsp3) is 0.364. The Labute approximate surface area is 96.7 Å². The smallest absolute Gasteiger partial charge is 0.318 e. The van der Waals surface area contributed by atoms with Crippen molar-refractivity contribution in [2.75, 3.05) is 7.11 Å². The number of aliphatic carboxylic acids is 1. The molecule has 0 radical (unpaired) electrons. The summed E-state index contributed by atoms with van der Waals surface area (Å²) < 4.78 is 16.8. The molecule has 4 nitrogen and oxygen atoms in total. The van der Waals surface area contributed by atoms with E-state index in [1.807, 2.05) is 6.07 Å². The van der Waals surface area contributed by atoms with Gasteiger partial charge in [-0.25, -0.2) is 0 Å². The number of ether oxygens (including phenoxy) is 1. The predicted octanol–water partition coefficient (Wildman–Crippen LogP) is 1.42. The van der Waals surface area contributed by atoms with Crippen LogP contribution in [0.4, 0.5) is 0 Å². The van der Waals surface area contributed by atoms with Crippen molar-refractivity contribution in [3.63, 3.8) is 0 Å². The molecule has 0 fully saturated rings. The Hall–Kier alpha value is -1.36. The van der Waals surface area contributed by atoms with E-state index >= 15 is 0 Å². The number of hydrogen-bond acceptors (Lipinski definition) is 3. The van der Waals surface area contributed by atoms with Gasteiger partial charge in [-0.3, -0.25) is 9.00 Å². The van der Waals surface area contributed by atoms with Crippen molar-refractivity contribution in [1.82, 2.24) is 0 Å². The summed E-state index contributed by atoms with van der Waals surface area (Å²) in [6, 6.07) is 7.16. The summed E-state index contributed by atoms with van der Waals surface area (Å²) in [4.78, 5) is 10.7. The second-order valence-corrected chi connectivity index (χ2v) is 5.07. The molecule has 5 heteroatoms. The summed E-state index contributed by atoms with van der Waals surface area (Å²) in [7, 11) is 0.0929. The first-order valence-electron chi connectivity index (χ1n) is 4.78. The summed E-state index contributed by atoms with van der Waals surface area (Å²) in [6.07, 6.45) is 0. The van der Waals surface area contributed by atoms with Gasteiger partial charge in [0.1, 0.15) is 11.0 Å². The molecule has 0 aliphatic heterocycles. The minimum atomic E-state index is -1.44. The fourth-order valence-electron chi connectivity index (χ4n) is 1.21. The predicted molar refractivity (Wildman–Crippen MR) is 61.9 cm³/mol. The Morgan fingerprint density at radius 3 is 2.69 bits per heavy atom. The Bertz CT molecular complexity index is 403. The van der Waals surface area contributed by atoms with Crippen LogP contribution in [0.2, 0.25) is 0 Å². The average Bonchev–Trinajstić information content (AvgIpc) is 2.28. The second-order valence-electron chi connectivity index (χ2n) is 3.32. The zero-order valence-corrected chi connectivity index (χ0v) is 9.99. The Kier molecular flexibility index (Phi) is 4.49. The van der Waals surface area contributed by atoms with Crippen LogP contribution in [0.1, 0.15) is 12.5 Å². The van der Waals surface area contributed by atoms with E-state index in [1.54, 1.807) is 18.2 Å². The molecule has 1 N–H and O–H groups in total. The highest BCUT2D eigenvalue weighted by Crippen LogP contribution is 2.19. The van der Waals surface area contributed by atoms with Gasteiger partial charge in [-0.05, 0) is 13.0 Å². The van der Waals surface area contributed by atoms with Crippen molar-refractivity contribution >= 4 is 16.8 Å². The van der Waals surface area contributed by atoms with E-state index in [-0.39, 0.29) is 5.75 Å². The third-order valence-electron chi connectivity index (χ3n) is 2.23. The molecule has 0 bridgehead atoms. The van der Waals surface area contributed by atoms with Gasteiger partial charge < -0.3 is 9.84 Å². The maximum absolute atomic E-state index is 11.7. The molecule has 1 aromatic rings. The molecule has 2 unspecified atom stereocenters. The number of benzene rings is 1. The number of carbonyl (C=O) groups is 1. The number of carboxylic acids is 1. The van der Waals surface area contributed by atoms with Crippen LogP contribution >= 0.6 is 0 Å². The van der Waals surface area contributed by atoms with Gasteiger partial charge in [-0.1, -0.05) is 18.2 Å². The molecule has 0 aliphatic rings. The van der Waals surface area contributed by atoms with Crippen LogP contribution in [0, 0.1) is 0 Å². The highest BCUT2D eigenvalue weighted by atomic mass is 32.2. The topological polar surface area (TPSA) is 63.6 Å². The summed E-state index contributed by atoms with van der Waals surface area (Å²) in [5, 5.41) is 7.86. The summed E-state index contributed by atoms with van der Waals surface area (Å²) in [5.74, 6) is -0.223.